The van der Waals surface area contributed by atoms with E-state index in [1.807, 2.05) is 36.4 Å². The van der Waals surface area contributed by atoms with Crippen LogP contribution in [0, 0.1) is 0 Å². The van der Waals surface area contributed by atoms with Crippen molar-refractivity contribution in [3.8, 4) is 79.5 Å². The number of nitrogens with zero attached hydrogens (tertiary/aromatic N) is 6. The number of rotatable bonds is 6. The number of benzene rings is 16. The van der Waals surface area contributed by atoms with E-state index in [4.69, 9.17) is 29.9 Å². The average molecular weight is 1240 g/mol. The standard InChI is InChI=1S/C46H31N3.C43H25N3S/c1-46(2)41-15-9-8-14-39(41)40-27-32(19-25-42(40)46)45-48-43(29-11-4-3-5-12-29)47-44(49-45)31-18-20-34-30(26-31)17-22-38-36(34)24-23-35-33-13-7-6-10-28(33)16-21-37(35)38;1-2-9-27(10-3-1)41-44-42(46-43(45-41)30-17-21-38-37-12-6-7-13-39(37)47-40(38)25-30)29-16-18-32-28(24-29)15-20-36-34(32)23-22-33-31-11-5-4-8-26(31)14-19-35(33)36/h3-27H,1-2H3;1-25H. The summed E-state index contributed by atoms with van der Waals surface area (Å²) in [5.74, 6) is 4.00. The Morgan fingerprint density at radius 3 is 1.04 bits per heavy atom. The van der Waals surface area contributed by atoms with E-state index in [1.165, 1.54) is 118 Å². The second-order valence-electron chi connectivity index (χ2n) is 25.7. The highest BCUT2D eigenvalue weighted by Crippen LogP contribution is 2.50. The Balaban J connectivity index is 0.000000135. The molecule has 0 aliphatic heterocycles. The average Bonchev–Trinajstić information content (AvgIpc) is 1.54. The van der Waals surface area contributed by atoms with E-state index in [-0.39, 0.29) is 5.41 Å². The normalized spacial score (nSPS) is 12.6. The minimum atomic E-state index is -0.0563. The number of hydrogen-bond donors (Lipinski definition) is 0. The third-order valence-corrected chi connectivity index (χ3v) is 20.9. The molecule has 16 aromatic carbocycles. The highest BCUT2D eigenvalue weighted by molar-refractivity contribution is 7.25. The number of aromatic nitrogens is 6. The summed E-state index contributed by atoms with van der Waals surface area (Å²) in [6, 6.07) is 108. The molecule has 1 aliphatic rings. The van der Waals surface area contributed by atoms with Crippen molar-refractivity contribution in [2.75, 3.05) is 0 Å². The molecule has 20 rings (SSSR count). The topological polar surface area (TPSA) is 77.3 Å². The Bertz CT molecular complexity index is 6440. The molecule has 0 saturated carbocycles. The van der Waals surface area contributed by atoms with E-state index in [0.29, 0.717) is 34.9 Å². The molecular weight excluding hydrogens is 1190 g/mol. The molecule has 0 bridgehead atoms. The van der Waals surface area contributed by atoms with Gasteiger partial charge in [-0.2, -0.15) is 0 Å². The van der Waals surface area contributed by atoms with Crippen molar-refractivity contribution in [2.24, 2.45) is 0 Å². The summed E-state index contributed by atoms with van der Waals surface area (Å²) in [6.45, 7) is 4.61. The molecule has 0 radical (unpaired) electrons. The highest BCUT2D eigenvalue weighted by atomic mass is 32.1. The van der Waals surface area contributed by atoms with Gasteiger partial charge in [-0.15, -0.1) is 11.3 Å². The first kappa shape index (κ1) is 55.5. The SMILES string of the molecule is CC1(C)c2ccccc2-c2cc(-c3nc(-c4ccccc4)nc(-c4ccc5c(ccc6c5ccc5c7ccccc7ccc56)c4)n3)ccc21.c1ccc(-c2nc(-c3ccc4c(ccc5c4ccc4c6ccccc6ccc45)c3)nc(-c3ccc4c(c3)sc3ccccc34)n2)cc1. The minimum Gasteiger partial charge on any atom is -0.208 e. The Labute approximate surface area is 557 Å². The quantitative estimate of drug-likeness (QED) is 0.154. The van der Waals surface area contributed by atoms with Crippen LogP contribution in [0.3, 0.4) is 0 Å². The van der Waals surface area contributed by atoms with E-state index in [0.717, 1.165) is 44.2 Å². The summed E-state index contributed by atoms with van der Waals surface area (Å²) in [4.78, 5) is 30.3. The van der Waals surface area contributed by atoms with Crippen LogP contribution < -0.4 is 0 Å². The lowest BCUT2D eigenvalue weighted by Gasteiger charge is -2.21. The summed E-state index contributed by atoms with van der Waals surface area (Å²) in [6.07, 6.45) is 0. The van der Waals surface area contributed by atoms with Crippen LogP contribution in [0.25, 0.3) is 186 Å². The molecule has 1 aliphatic carbocycles. The smallest absolute Gasteiger partial charge is 0.164 e. The maximum atomic E-state index is 5.13. The molecule has 3 heterocycles. The van der Waals surface area contributed by atoms with Gasteiger partial charge in [-0.1, -0.05) is 287 Å². The lowest BCUT2D eigenvalue weighted by atomic mass is 9.82. The van der Waals surface area contributed by atoms with Gasteiger partial charge in [0.15, 0.2) is 34.9 Å². The van der Waals surface area contributed by atoms with E-state index in [9.17, 15) is 0 Å². The molecule has 96 heavy (non-hydrogen) atoms. The van der Waals surface area contributed by atoms with Gasteiger partial charge < -0.3 is 0 Å². The third-order valence-electron chi connectivity index (χ3n) is 19.8. The molecule has 0 fully saturated rings. The maximum Gasteiger partial charge on any atom is 0.164 e. The molecule has 0 spiro atoms. The Morgan fingerprint density at radius 1 is 0.208 bits per heavy atom. The fourth-order valence-electron chi connectivity index (χ4n) is 15.0. The summed E-state index contributed by atoms with van der Waals surface area (Å²) >= 11 is 1.80. The maximum absolute atomic E-state index is 5.13. The molecule has 0 amide bonds. The summed E-state index contributed by atoms with van der Waals surface area (Å²) in [5.41, 5.74) is 11.0. The van der Waals surface area contributed by atoms with Crippen LogP contribution >= 0.6 is 11.3 Å². The van der Waals surface area contributed by atoms with Gasteiger partial charge in [-0.05, 0) is 139 Å². The fraction of sp³-hybridized carbons (Fsp3) is 0.0337. The van der Waals surface area contributed by atoms with Gasteiger partial charge in [-0.3, -0.25) is 0 Å². The van der Waals surface area contributed by atoms with Crippen LogP contribution in [0.5, 0.6) is 0 Å². The number of hydrogen-bond acceptors (Lipinski definition) is 7. The number of thiophene rings is 1. The molecule has 3 aromatic heterocycles. The molecule has 0 unspecified atom stereocenters. The Kier molecular flexibility index (Phi) is 12.7. The fourth-order valence-corrected chi connectivity index (χ4v) is 16.1. The van der Waals surface area contributed by atoms with Crippen molar-refractivity contribution in [2.45, 2.75) is 19.3 Å². The van der Waals surface area contributed by atoms with Crippen LogP contribution in [-0.2, 0) is 5.41 Å². The first-order chi connectivity index (χ1) is 47.3. The van der Waals surface area contributed by atoms with Crippen molar-refractivity contribution < 1.29 is 0 Å². The van der Waals surface area contributed by atoms with Gasteiger partial charge in [0.2, 0.25) is 0 Å². The van der Waals surface area contributed by atoms with Crippen molar-refractivity contribution >= 4 is 118 Å². The Hall–Kier alpha value is -12.2. The first-order valence-corrected chi connectivity index (χ1v) is 33.5. The zero-order valence-corrected chi connectivity index (χ0v) is 53.3. The highest BCUT2D eigenvalue weighted by Gasteiger charge is 2.35. The van der Waals surface area contributed by atoms with E-state index in [1.54, 1.807) is 11.3 Å². The zero-order chi connectivity index (χ0) is 63.6. The van der Waals surface area contributed by atoms with Gasteiger partial charge in [0.1, 0.15) is 0 Å². The van der Waals surface area contributed by atoms with Crippen LogP contribution in [0.15, 0.2) is 303 Å². The lowest BCUT2D eigenvalue weighted by molar-refractivity contribution is 0.660. The largest absolute Gasteiger partial charge is 0.208 e. The van der Waals surface area contributed by atoms with Gasteiger partial charge in [0.05, 0.1) is 0 Å². The predicted octanol–water partition coefficient (Wildman–Crippen LogP) is 23.6. The summed E-state index contributed by atoms with van der Waals surface area (Å²) in [5, 5.41) is 22.5. The Morgan fingerprint density at radius 2 is 0.531 bits per heavy atom. The second-order valence-corrected chi connectivity index (χ2v) is 26.8. The molecular formula is C89H56N6S. The van der Waals surface area contributed by atoms with Gasteiger partial charge >= 0.3 is 0 Å². The first-order valence-electron chi connectivity index (χ1n) is 32.6. The monoisotopic (exact) mass is 1240 g/mol. The van der Waals surface area contributed by atoms with Crippen molar-refractivity contribution in [3.05, 3.63) is 314 Å². The second kappa shape index (κ2) is 22.0. The van der Waals surface area contributed by atoms with Gasteiger partial charge in [-0.25, -0.2) is 29.9 Å². The molecule has 19 aromatic rings. The van der Waals surface area contributed by atoms with Crippen molar-refractivity contribution in [3.63, 3.8) is 0 Å². The van der Waals surface area contributed by atoms with Crippen LogP contribution in [-0.4, -0.2) is 29.9 Å². The summed E-state index contributed by atoms with van der Waals surface area (Å²) in [7, 11) is 0. The molecule has 0 saturated heterocycles. The van der Waals surface area contributed by atoms with Crippen LogP contribution in [0.2, 0.25) is 0 Å². The lowest BCUT2D eigenvalue weighted by Crippen LogP contribution is -2.14. The molecule has 6 nitrogen and oxygen atoms in total. The number of fused-ring (bicyclic) bond motifs is 20. The van der Waals surface area contributed by atoms with Gasteiger partial charge in [0, 0.05) is 59.0 Å². The zero-order valence-electron chi connectivity index (χ0n) is 52.5. The van der Waals surface area contributed by atoms with Crippen molar-refractivity contribution in [1.29, 1.82) is 0 Å². The molecule has 0 N–H and O–H groups in total. The van der Waals surface area contributed by atoms with Gasteiger partial charge in [0.25, 0.3) is 0 Å². The van der Waals surface area contributed by atoms with Crippen LogP contribution in [0.4, 0.5) is 0 Å². The predicted molar refractivity (Wildman–Crippen MR) is 403 cm³/mol. The van der Waals surface area contributed by atoms with Crippen LogP contribution in [0.1, 0.15) is 25.0 Å². The molecule has 0 atom stereocenters. The van der Waals surface area contributed by atoms with E-state index in [2.05, 4.69) is 281 Å². The summed E-state index contributed by atoms with van der Waals surface area (Å²) < 4.78 is 2.51. The third kappa shape index (κ3) is 9.14. The van der Waals surface area contributed by atoms with Crippen molar-refractivity contribution in [1.82, 2.24) is 29.9 Å². The molecule has 7 heteroatoms. The minimum absolute atomic E-state index is 0.0563. The van der Waals surface area contributed by atoms with E-state index < -0.39 is 0 Å². The van der Waals surface area contributed by atoms with E-state index >= 15 is 0 Å². The molecule has 448 valence electrons.